The van der Waals surface area contributed by atoms with Gasteiger partial charge in [-0.15, -0.1) is 0 Å². The van der Waals surface area contributed by atoms with Crippen LogP contribution in [-0.4, -0.2) is 23.7 Å². The number of rotatable bonds is 6. The number of fused-ring (bicyclic) bond motifs is 1. The summed E-state index contributed by atoms with van der Waals surface area (Å²) in [5.41, 5.74) is 0. The van der Waals surface area contributed by atoms with Gasteiger partial charge in [0.05, 0.1) is 6.61 Å². The number of halogens is 2. The quantitative estimate of drug-likeness (QED) is 0.390. The summed E-state index contributed by atoms with van der Waals surface area (Å²) in [7, 11) is 0. The smallest absolute Gasteiger partial charge is 0.347 e. The predicted molar refractivity (Wildman–Crippen MR) is 105 cm³/mol. The van der Waals surface area contributed by atoms with Gasteiger partial charge >= 0.3 is 5.97 Å². The van der Waals surface area contributed by atoms with Gasteiger partial charge in [-0.25, -0.2) is 9.78 Å². The van der Waals surface area contributed by atoms with E-state index in [9.17, 15) is 4.79 Å². The number of pyridine rings is 1. The number of ether oxygens (including phenoxy) is 3. The molecule has 0 aliphatic rings. The van der Waals surface area contributed by atoms with Crippen molar-refractivity contribution in [2.45, 2.75) is 20.0 Å². The van der Waals surface area contributed by atoms with Crippen molar-refractivity contribution in [3.05, 3.63) is 58.7 Å². The normalized spacial score (nSPS) is 11.9. The zero-order chi connectivity index (χ0) is 19.4. The molecule has 3 aromatic rings. The topological polar surface area (TPSA) is 57.7 Å². The van der Waals surface area contributed by atoms with Crippen LogP contribution in [0.4, 0.5) is 0 Å². The lowest BCUT2D eigenvalue weighted by Crippen LogP contribution is -2.25. The van der Waals surface area contributed by atoms with Crippen molar-refractivity contribution in [2.24, 2.45) is 0 Å². The van der Waals surface area contributed by atoms with Crippen molar-refractivity contribution in [2.75, 3.05) is 6.61 Å². The number of benzene rings is 2. The van der Waals surface area contributed by atoms with Crippen LogP contribution in [0, 0.1) is 0 Å². The molecule has 7 heteroatoms. The third kappa shape index (κ3) is 4.81. The molecule has 0 spiro atoms. The SMILES string of the molecule is CCOC(=O)C(C)Oc1ccc(Oc2cc3ccc(Cl)cc3c(Cl)n2)cc1. The van der Waals surface area contributed by atoms with Gasteiger partial charge in [0, 0.05) is 16.5 Å². The van der Waals surface area contributed by atoms with Gasteiger partial charge in [-0.2, -0.15) is 0 Å². The van der Waals surface area contributed by atoms with Crippen LogP contribution in [-0.2, 0) is 9.53 Å². The van der Waals surface area contributed by atoms with E-state index in [4.69, 9.17) is 37.4 Å². The van der Waals surface area contributed by atoms with Gasteiger partial charge in [0.2, 0.25) is 5.88 Å². The Morgan fingerprint density at radius 3 is 2.48 bits per heavy atom. The molecule has 0 saturated carbocycles. The second kappa shape index (κ2) is 8.46. The van der Waals surface area contributed by atoms with Crippen LogP contribution in [0.3, 0.4) is 0 Å². The molecule has 0 saturated heterocycles. The fraction of sp³-hybridized carbons (Fsp3) is 0.200. The minimum atomic E-state index is -0.690. The summed E-state index contributed by atoms with van der Waals surface area (Å²) in [6.07, 6.45) is -0.690. The Labute approximate surface area is 166 Å². The highest BCUT2D eigenvalue weighted by Gasteiger charge is 2.15. The van der Waals surface area contributed by atoms with Gasteiger partial charge in [0.15, 0.2) is 6.10 Å². The zero-order valence-corrected chi connectivity index (χ0v) is 16.3. The molecule has 0 bridgehead atoms. The lowest BCUT2D eigenvalue weighted by atomic mass is 10.2. The largest absolute Gasteiger partial charge is 0.479 e. The van der Waals surface area contributed by atoms with E-state index in [2.05, 4.69) is 4.98 Å². The molecule has 2 aromatic carbocycles. The lowest BCUT2D eigenvalue weighted by molar-refractivity contribution is -0.150. The number of hydrogen-bond donors (Lipinski definition) is 0. The molecule has 0 fully saturated rings. The van der Waals surface area contributed by atoms with E-state index in [0.29, 0.717) is 34.2 Å². The van der Waals surface area contributed by atoms with E-state index >= 15 is 0 Å². The zero-order valence-electron chi connectivity index (χ0n) is 14.7. The summed E-state index contributed by atoms with van der Waals surface area (Å²) in [6, 6.07) is 14.0. The number of aromatic nitrogens is 1. The number of esters is 1. The average molecular weight is 406 g/mol. The molecule has 1 heterocycles. The summed E-state index contributed by atoms with van der Waals surface area (Å²) < 4.78 is 16.2. The van der Waals surface area contributed by atoms with Crippen LogP contribution in [0.15, 0.2) is 48.5 Å². The fourth-order valence-corrected chi connectivity index (χ4v) is 2.85. The van der Waals surface area contributed by atoms with Crippen LogP contribution >= 0.6 is 23.2 Å². The molecule has 0 aliphatic carbocycles. The Morgan fingerprint density at radius 2 is 1.78 bits per heavy atom. The fourth-order valence-electron chi connectivity index (χ4n) is 2.43. The van der Waals surface area contributed by atoms with E-state index < -0.39 is 12.1 Å². The summed E-state index contributed by atoms with van der Waals surface area (Å²) in [4.78, 5) is 15.9. The number of carbonyl (C=O) groups is 1. The first-order chi connectivity index (χ1) is 13.0. The van der Waals surface area contributed by atoms with Crippen molar-refractivity contribution in [1.82, 2.24) is 4.98 Å². The monoisotopic (exact) mass is 405 g/mol. The highest BCUT2D eigenvalue weighted by molar-refractivity contribution is 6.36. The molecule has 0 aliphatic heterocycles. The third-order valence-electron chi connectivity index (χ3n) is 3.70. The van der Waals surface area contributed by atoms with Crippen molar-refractivity contribution < 1.29 is 19.0 Å². The predicted octanol–water partition coefficient (Wildman–Crippen LogP) is 5.66. The first kappa shape index (κ1) is 19.3. The van der Waals surface area contributed by atoms with Crippen LogP contribution in [0.25, 0.3) is 10.8 Å². The van der Waals surface area contributed by atoms with Crippen molar-refractivity contribution >= 4 is 39.9 Å². The van der Waals surface area contributed by atoms with E-state index in [1.807, 2.05) is 6.07 Å². The molecule has 1 aromatic heterocycles. The first-order valence-corrected chi connectivity index (χ1v) is 9.09. The van der Waals surface area contributed by atoms with E-state index in [-0.39, 0.29) is 0 Å². The first-order valence-electron chi connectivity index (χ1n) is 8.33. The molecule has 3 rings (SSSR count). The summed E-state index contributed by atoms with van der Waals surface area (Å²) in [6.45, 7) is 3.70. The molecule has 0 amide bonds. The van der Waals surface area contributed by atoms with Crippen LogP contribution < -0.4 is 9.47 Å². The van der Waals surface area contributed by atoms with Crippen LogP contribution in [0.1, 0.15) is 13.8 Å². The molecule has 5 nitrogen and oxygen atoms in total. The Kier molecular flexibility index (Phi) is 6.04. The van der Waals surface area contributed by atoms with Gasteiger partial charge in [0.25, 0.3) is 0 Å². The van der Waals surface area contributed by atoms with E-state index in [0.717, 1.165) is 10.8 Å². The summed E-state index contributed by atoms with van der Waals surface area (Å²) >= 11 is 12.2. The number of hydrogen-bond acceptors (Lipinski definition) is 5. The Morgan fingerprint density at radius 1 is 1.07 bits per heavy atom. The van der Waals surface area contributed by atoms with Crippen LogP contribution in [0.5, 0.6) is 17.4 Å². The molecule has 1 unspecified atom stereocenters. The van der Waals surface area contributed by atoms with E-state index in [1.165, 1.54) is 0 Å². The Hall–Kier alpha value is -2.50. The molecule has 27 heavy (non-hydrogen) atoms. The maximum atomic E-state index is 11.6. The molecular weight excluding hydrogens is 389 g/mol. The lowest BCUT2D eigenvalue weighted by Gasteiger charge is -2.13. The third-order valence-corrected chi connectivity index (χ3v) is 4.23. The average Bonchev–Trinajstić information content (AvgIpc) is 2.64. The summed E-state index contributed by atoms with van der Waals surface area (Å²) in [5, 5.41) is 2.53. The molecular formula is C20H17Cl2NO4. The summed E-state index contributed by atoms with van der Waals surface area (Å²) in [5.74, 6) is 1.04. The second-order valence-corrected chi connectivity index (χ2v) is 6.50. The molecule has 0 radical (unpaired) electrons. The van der Waals surface area contributed by atoms with E-state index in [1.54, 1.807) is 56.3 Å². The minimum absolute atomic E-state index is 0.312. The second-order valence-electron chi connectivity index (χ2n) is 5.70. The Balaban J connectivity index is 1.72. The van der Waals surface area contributed by atoms with Crippen molar-refractivity contribution in [3.63, 3.8) is 0 Å². The molecule has 1 atom stereocenters. The minimum Gasteiger partial charge on any atom is -0.479 e. The highest BCUT2D eigenvalue weighted by Crippen LogP contribution is 2.31. The van der Waals surface area contributed by atoms with Crippen LogP contribution in [0.2, 0.25) is 10.2 Å². The van der Waals surface area contributed by atoms with Gasteiger partial charge in [0.1, 0.15) is 16.7 Å². The number of carbonyl (C=O) groups excluding carboxylic acids is 1. The van der Waals surface area contributed by atoms with Gasteiger partial charge in [-0.1, -0.05) is 29.3 Å². The maximum Gasteiger partial charge on any atom is 0.347 e. The van der Waals surface area contributed by atoms with Gasteiger partial charge < -0.3 is 14.2 Å². The number of nitrogens with zero attached hydrogens (tertiary/aromatic N) is 1. The molecule has 0 N–H and O–H groups in total. The van der Waals surface area contributed by atoms with Crippen molar-refractivity contribution in [1.29, 1.82) is 0 Å². The standard InChI is InChI=1S/C20H17Cl2NO4/c1-3-25-20(24)12(2)26-15-6-8-16(9-7-15)27-18-10-13-4-5-14(21)11-17(13)19(22)23-18/h4-12H,3H2,1-2H3. The molecule has 140 valence electrons. The Bertz CT molecular complexity index is 960. The highest BCUT2D eigenvalue weighted by atomic mass is 35.5. The van der Waals surface area contributed by atoms with Gasteiger partial charge in [-0.3, -0.25) is 0 Å². The van der Waals surface area contributed by atoms with Gasteiger partial charge in [-0.05, 0) is 55.6 Å². The van der Waals surface area contributed by atoms with Crippen molar-refractivity contribution in [3.8, 4) is 17.4 Å². The maximum absolute atomic E-state index is 11.6.